The molecule has 1 aromatic rings. The zero-order valence-electron chi connectivity index (χ0n) is 18.6. The van der Waals surface area contributed by atoms with E-state index in [1.165, 1.54) is 32.1 Å². The number of allylic oxidation sites excluding steroid dienone is 2. The first-order valence-electron chi connectivity index (χ1n) is 11.9. The first kappa shape index (κ1) is 20.8. The third-order valence-corrected chi connectivity index (χ3v) is 11.0. The number of benzene rings is 1. The zero-order valence-corrected chi connectivity index (χ0v) is 19.5. The number of rotatable bonds is 3. The standard InChI is InChI=1S/C26H36O3S/c1-18-7-10-20(11-8-18)30(27,28)29-24-14-13-22-21-12-9-19-6-4-5-16-25(19,2)23(21)15-17-26(22,24)3/h4-5,7-8,10-11,19,21-24H,6,9,12-17H2,1-3H3/t19-,21+,22+,23+,24+,25+,26+/m1/s1. The molecule has 0 amide bonds. The maximum absolute atomic E-state index is 13.0. The topological polar surface area (TPSA) is 43.4 Å². The van der Waals surface area contributed by atoms with Crippen LogP contribution in [0.1, 0.15) is 70.8 Å². The molecule has 0 unspecified atom stereocenters. The van der Waals surface area contributed by atoms with Gasteiger partial charge < -0.3 is 0 Å². The summed E-state index contributed by atoms with van der Waals surface area (Å²) in [6.45, 7) is 6.84. The van der Waals surface area contributed by atoms with Gasteiger partial charge in [0.05, 0.1) is 11.0 Å². The Morgan fingerprint density at radius 3 is 2.40 bits per heavy atom. The average Bonchev–Trinajstić information content (AvgIpc) is 3.03. The second-order valence-corrected chi connectivity index (χ2v) is 12.6. The first-order valence-corrected chi connectivity index (χ1v) is 13.3. The van der Waals surface area contributed by atoms with Crippen molar-refractivity contribution in [2.75, 3.05) is 0 Å². The van der Waals surface area contributed by atoms with E-state index in [1.54, 1.807) is 12.1 Å². The van der Waals surface area contributed by atoms with Crippen molar-refractivity contribution in [1.82, 2.24) is 0 Å². The number of hydrogen-bond acceptors (Lipinski definition) is 3. The molecule has 0 N–H and O–H groups in total. The Bertz CT molecular complexity index is 934. The van der Waals surface area contributed by atoms with E-state index in [2.05, 4.69) is 26.0 Å². The lowest BCUT2D eigenvalue weighted by Crippen LogP contribution is -2.53. The van der Waals surface area contributed by atoms with Crippen LogP contribution < -0.4 is 0 Å². The van der Waals surface area contributed by atoms with Gasteiger partial charge in [0.1, 0.15) is 0 Å². The van der Waals surface area contributed by atoms with E-state index in [0.717, 1.165) is 42.6 Å². The third kappa shape index (κ3) is 3.12. The second kappa shape index (κ2) is 7.20. The summed E-state index contributed by atoms with van der Waals surface area (Å²) in [5.41, 5.74) is 1.47. The van der Waals surface area contributed by atoms with Crippen molar-refractivity contribution in [3.8, 4) is 0 Å². The Morgan fingerprint density at radius 1 is 0.900 bits per heavy atom. The van der Waals surface area contributed by atoms with Gasteiger partial charge in [0.25, 0.3) is 10.1 Å². The Hall–Kier alpha value is -1.13. The van der Waals surface area contributed by atoms with Crippen molar-refractivity contribution in [3.63, 3.8) is 0 Å². The van der Waals surface area contributed by atoms with Gasteiger partial charge in [0, 0.05) is 0 Å². The van der Waals surface area contributed by atoms with Gasteiger partial charge in [-0.05, 0) is 105 Å². The van der Waals surface area contributed by atoms with E-state index in [-0.39, 0.29) is 16.4 Å². The molecule has 164 valence electrons. The lowest BCUT2D eigenvalue weighted by atomic mass is 9.46. The Kier molecular flexibility index (Phi) is 4.98. The molecule has 0 radical (unpaired) electrons. The lowest BCUT2D eigenvalue weighted by molar-refractivity contribution is -0.104. The van der Waals surface area contributed by atoms with Crippen molar-refractivity contribution in [2.24, 2.45) is 34.5 Å². The molecule has 0 saturated heterocycles. The monoisotopic (exact) mass is 428 g/mol. The minimum atomic E-state index is -3.72. The quantitative estimate of drug-likeness (QED) is 0.420. The van der Waals surface area contributed by atoms with E-state index in [0.29, 0.717) is 11.3 Å². The van der Waals surface area contributed by atoms with Crippen LogP contribution in [-0.4, -0.2) is 14.5 Å². The zero-order chi connectivity index (χ0) is 21.1. The molecule has 0 heterocycles. The summed E-state index contributed by atoms with van der Waals surface area (Å²) in [5, 5.41) is 0. The fourth-order valence-corrected chi connectivity index (χ4v) is 9.06. The molecule has 4 aliphatic rings. The molecular formula is C26H36O3S. The molecule has 3 fully saturated rings. The highest BCUT2D eigenvalue weighted by Gasteiger charge is 2.60. The lowest BCUT2D eigenvalue weighted by Gasteiger charge is -2.59. The normalized spacial score (nSPS) is 43.0. The minimum absolute atomic E-state index is 0.0212. The van der Waals surface area contributed by atoms with E-state index in [9.17, 15) is 8.42 Å². The molecular weight excluding hydrogens is 392 g/mol. The highest BCUT2D eigenvalue weighted by Crippen LogP contribution is 2.66. The van der Waals surface area contributed by atoms with Crippen LogP contribution in [0.15, 0.2) is 41.3 Å². The SMILES string of the molecule is Cc1ccc(S(=O)(=O)O[C@H]2CC[C@H]3[C@@H]4CC[C@H]5CC=CC[C@]5(C)[C@H]4CC[C@]23C)cc1. The molecule has 0 aromatic heterocycles. The second-order valence-electron chi connectivity index (χ2n) is 11.0. The highest BCUT2D eigenvalue weighted by atomic mass is 32.2. The van der Waals surface area contributed by atoms with Crippen molar-refractivity contribution < 1.29 is 12.6 Å². The first-order chi connectivity index (χ1) is 14.2. The largest absolute Gasteiger partial charge is 0.297 e. The molecule has 30 heavy (non-hydrogen) atoms. The summed E-state index contributed by atoms with van der Waals surface area (Å²) in [5.74, 6) is 2.94. The molecule has 1 aromatic carbocycles. The van der Waals surface area contributed by atoms with Crippen molar-refractivity contribution >= 4 is 10.1 Å². The van der Waals surface area contributed by atoms with Crippen molar-refractivity contribution in [2.45, 2.75) is 83.1 Å². The van der Waals surface area contributed by atoms with Crippen LogP contribution in [0.25, 0.3) is 0 Å². The van der Waals surface area contributed by atoms with E-state index >= 15 is 0 Å². The van der Waals surface area contributed by atoms with Crippen LogP contribution in [0.4, 0.5) is 0 Å². The fraction of sp³-hybridized carbons (Fsp3) is 0.692. The minimum Gasteiger partial charge on any atom is -0.262 e. The third-order valence-electron chi connectivity index (χ3n) is 9.68. The van der Waals surface area contributed by atoms with Crippen molar-refractivity contribution in [3.05, 3.63) is 42.0 Å². The van der Waals surface area contributed by atoms with Crippen LogP contribution in [0.3, 0.4) is 0 Å². The number of fused-ring (bicyclic) bond motifs is 5. The number of aryl methyl sites for hydroxylation is 1. The molecule has 4 aliphatic carbocycles. The fourth-order valence-electron chi connectivity index (χ4n) is 7.86. The smallest absolute Gasteiger partial charge is 0.262 e. The summed E-state index contributed by atoms with van der Waals surface area (Å²) in [4.78, 5) is 0.288. The van der Waals surface area contributed by atoms with E-state index in [4.69, 9.17) is 4.18 Å². The van der Waals surface area contributed by atoms with Crippen LogP contribution in [0.2, 0.25) is 0 Å². The Labute approximate surface area is 182 Å². The molecule has 0 aliphatic heterocycles. The summed E-state index contributed by atoms with van der Waals surface area (Å²) < 4.78 is 32.0. The van der Waals surface area contributed by atoms with Gasteiger partial charge in [-0.25, -0.2) is 0 Å². The highest BCUT2D eigenvalue weighted by molar-refractivity contribution is 7.86. The molecule has 5 rings (SSSR count). The maximum Gasteiger partial charge on any atom is 0.297 e. The molecule has 7 atom stereocenters. The van der Waals surface area contributed by atoms with Crippen LogP contribution in [0, 0.1) is 41.4 Å². The van der Waals surface area contributed by atoms with Gasteiger partial charge >= 0.3 is 0 Å². The van der Waals surface area contributed by atoms with Crippen LogP contribution in [0.5, 0.6) is 0 Å². The average molecular weight is 429 g/mol. The predicted molar refractivity (Wildman–Crippen MR) is 119 cm³/mol. The van der Waals surface area contributed by atoms with Gasteiger partial charge in [0.2, 0.25) is 0 Å². The van der Waals surface area contributed by atoms with Crippen LogP contribution in [-0.2, 0) is 14.3 Å². The van der Waals surface area contributed by atoms with Gasteiger partial charge in [0.15, 0.2) is 0 Å². The maximum atomic E-state index is 13.0. The van der Waals surface area contributed by atoms with Crippen molar-refractivity contribution in [1.29, 1.82) is 0 Å². The van der Waals surface area contributed by atoms with Gasteiger partial charge in [-0.3, -0.25) is 4.18 Å². The Balaban J connectivity index is 1.38. The molecule has 4 heteroatoms. The summed E-state index contributed by atoms with van der Waals surface area (Å²) in [6.07, 6.45) is 14.1. The Morgan fingerprint density at radius 2 is 1.63 bits per heavy atom. The van der Waals surface area contributed by atoms with Crippen LogP contribution >= 0.6 is 0 Å². The summed E-state index contributed by atoms with van der Waals surface area (Å²) in [7, 11) is -3.72. The molecule has 0 spiro atoms. The number of hydrogen-bond donors (Lipinski definition) is 0. The molecule has 3 nitrogen and oxygen atoms in total. The summed E-state index contributed by atoms with van der Waals surface area (Å²) >= 11 is 0. The van der Waals surface area contributed by atoms with E-state index in [1.807, 2.05) is 19.1 Å². The molecule has 0 bridgehead atoms. The van der Waals surface area contributed by atoms with Gasteiger partial charge in [-0.1, -0.05) is 43.7 Å². The molecule has 3 saturated carbocycles. The van der Waals surface area contributed by atoms with E-state index < -0.39 is 10.1 Å². The summed E-state index contributed by atoms with van der Waals surface area (Å²) in [6, 6.07) is 7.04. The predicted octanol–water partition coefficient (Wildman–Crippen LogP) is 6.28. The van der Waals surface area contributed by atoms with Gasteiger partial charge in [-0.15, -0.1) is 0 Å². The van der Waals surface area contributed by atoms with Gasteiger partial charge in [-0.2, -0.15) is 8.42 Å².